The van der Waals surface area contributed by atoms with E-state index >= 15 is 0 Å². The van der Waals surface area contributed by atoms with Crippen LogP contribution >= 0.6 is 0 Å². The lowest BCUT2D eigenvalue weighted by Gasteiger charge is -2.36. The fourth-order valence-corrected chi connectivity index (χ4v) is 2.24. The van der Waals surface area contributed by atoms with Crippen molar-refractivity contribution in [3.05, 3.63) is 29.6 Å². The van der Waals surface area contributed by atoms with Crippen LogP contribution in [0.1, 0.15) is 24.1 Å². The number of likely N-dealkylation sites (tertiary alicyclic amines) is 1. The van der Waals surface area contributed by atoms with Crippen molar-refractivity contribution in [2.45, 2.75) is 31.8 Å². The van der Waals surface area contributed by atoms with Crippen LogP contribution in [0.5, 0.6) is 0 Å². The van der Waals surface area contributed by atoms with E-state index in [0.717, 1.165) is 31.6 Å². The highest BCUT2D eigenvalue weighted by Crippen LogP contribution is 2.25. The molecule has 3 nitrogen and oxygen atoms in total. The van der Waals surface area contributed by atoms with Gasteiger partial charge < -0.3 is 10.0 Å². The van der Waals surface area contributed by atoms with Crippen LogP contribution in [-0.2, 0) is 6.42 Å². The second-order valence-electron chi connectivity index (χ2n) is 5.03. The minimum atomic E-state index is -0.548. The molecule has 0 saturated carbocycles. The molecule has 1 aromatic heterocycles. The first-order valence-corrected chi connectivity index (χ1v) is 5.90. The third-order valence-corrected chi connectivity index (χ3v) is 3.40. The summed E-state index contributed by atoms with van der Waals surface area (Å²) in [5.74, 6) is 0. The Morgan fingerprint density at radius 2 is 2.12 bits per heavy atom. The number of aliphatic hydroxyl groups is 1. The number of nitrogens with zero attached hydrogens (tertiary/aromatic N) is 2. The Morgan fingerprint density at radius 1 is 1.44 bits per heavy atom. The van der Waals surface area contributed by atoms with E-state index in [4.69, 9.17) is 0 Å². The Balaban J connectivity index is 2.03. The van der Waals surface area contributed by atoms with Crippen molar-refractivity contribution in [2.24, 2.45) is 0 Å². The van der Waals surface area contributed by atoms with Crippen molar-refractivity contribution >= 4 is 0 Å². The number of rotatable bonds is 2. The molecule has 0 spiro atoms. The quantitative estimate of drug-likeness (QED) is 0.818. The van der Waals surface area contributed by atoms with Gasteiger partial charge in [0, 0.05) is 31.4 Å². The van der Waals surface area contributed by atoms with Crippen molar-refractivity contribution in [3.8, 4) is 0 Å². The van der Waals surface area contributed by atoms with Crippen LogP contribution < -0.4 is 0 Å². The molecule has 88 valence electrons. The number of aryl methyl sites for hydroxylation is 1. The van der Waals surface area contributed by atoms with E-state index in [1.165, 1.54) is 5.56 Å². The Hall–Kier alpha value is -0.930. The summed E-state index contributed by atoms with van der Waals surface area (Å²) in [6.07, 6.45) is 4.20. The zero-order chi connectivity index (χ0) is 11.6. The maximum absolute atomic E-state index is 10.5. The number of hydrogen-bond acceptors (Lipinski definition) is 3. The maximum atomic E-state index is 10.5. The molecule has 3 heteroatoms. The van der Waals surface area contributed by atoms with Gasteiger partial charge in [-0.05, 0) is 44.5 Å². The van der Waals surface area contributed by atoms with Gasteiger partial charge in [0.1, 0.15) is 0 Å². The molecule has 0 atom stereocenters. The molecule has 0 aliphatic carbocycles. The normalized spacial score (nSPS) is 20.9. The lowest BCUT2D eigenvalue weighted by Crippen LogP contribution is -2.44. The molecule has 1 N–H and O–H groups in total. The van der Waals surface area contributed by atoms with Crippen LogP contribution in [0.15, 0.2) is 18.3 Å². The standard InChI is InChI=1S/C13H20N2O/c1-11-3-6-14-12(9-11)10-13(16)4-7-15(2)8-5-13/h3,6,9,16H,4-5,7-8,10H2,1-2H3. The molecule has 1 aliphatic rings. The first-order valence-electron chi connectivity index (χ1n) is 5.90. The van der Waals surface area contributed by atoms with Gasteiger partial charge in [-0.3, -0.25) is 4.98 Å². The summed E-state index contributed by atoms with van der Waals surface area (Å²) in [4.78, 5) is 6.59. The van der Waals surface area contributed by atoms with Crippen LogP contribution in [-0.4, -0.2) is 40.7 Å². The number of pyridine rings is 1. The smallest absolute Gasteiger partial charge is 0.0727 e. The Labute approximate surface area is 97.1 Å². The molecule has 0 aromatic carbocycles. The predicted octanol–water partition coefficient (Wildman–Crippen LogP) is 1.39. The molecule has 0 amide bonds. The van der Waals surface area contributed by atoms with E-state index in [1.807, 2.05) is 12.3 Å². The number of aromatic nitrogens is 1. The van der Waals surface area contributed by atoms with Crippen LogP contribution in [0.4, 0.5) is 0 Å². The summed E-state index contributed by atoms with van der Waals surface area (Å²) in [5.41, 5.74) is 1.67. The van der Waals surface area contributed by atoms with E-state index < -0.39 is 5.60 Å². The summed E-state index contributed by atoms with van der Waals surface area (Å²) < 4.78 is 0. The number of piperidine rings is 1. The van der Waals surface area contributed by atoms with Gasteiger partial charge in [0.2, 0.25) is 0 Å². The third-order valence-electron chi connectivity index (χ3n) is 3.40. The zero-order valence-electron chi connectivity index (χ0n) is 10.1. The molecule has 1 aliphatic heterocycles. The van der Waals surface area contributed by atoms with Gasteiger partial charge in [-0.1, -0.05) is 0 Å². The molecule has 1 fully saturated rings. The van der Waals surface area contributed by atoms with Crippen molar-refractivity contribution in [2.75, 3.05) is 20.1 Å². The third kappa shape index (κ3) is 2.80. The Bertz CT molecular complexity index is 357. The highest BCUT2D eigenvalue weighted by molar-refractivity contribution is 5.16. The van der Waals surface area contributed by atoms with Crippen molar-refractivity contribution in [1.82, 2.24) is 9.88 Å². The van der Waals surface area contributed by atoms with Crippen molar-refractivity contribution in [1.29, 1.82) is 0 Å². The second-order valence-corrected chi connectivity index (χ2v) is 5.03. The Kier molecular flexibility index (Phi) is 3.26. The number of hydrogen-bond donors (Lipinski definition) is 1. The monoisotopic (exact) mass is 220 g/mol. The first-order chi connectivity index (χ1) is 7.57. The lowest BCUT2D eigenvalue weighted by molar-refractivity contribution is -0.0157. The summed E-state index contributed by atoms with van der Waals surface area (Å²) in [6.45, 7) is 4.01. The molecule has 1 aromatic rings. The van der Waals surface area contributed by atoms with E-state index in [0.29, 0.717) is 6.42 Å². The lowest BCUT2D eigenvalue weighted by atomic mass is 9.87. The van der Waals surface area contributed by atoms with Crippen molar-refractivity contribution < 1.29 is 5.11 Å². The van der Waals surface area contributed by atoms with Gasteiger partial charge >= 0.3 is 0 Å². The highest BCUT2D eigenvalue weighted by Gasteiger charge is 2.31. The molecule has 0 bridgehead atoms. The molecule has 2 heterocycles. The average Bonchev–Trinajstić information content (AvgIpc) is 2.23. The second kappa shape index (κ2) is 4.52. The minimum absolute atomic E-state index is 0.548. The molecule has 0 radical (unpaired) electrons. The summed E-state index contributed by atoms with van der Waals surface area (Å²) >= 11 is 0. The van der Waals surface area contributed by atoms with Gasteiger partial charge in [-0.25, -0.2) is 0 Å². The molecule has 2 rings (SSSR count). The topological polar surface area (TPSA) is 36.4 Å². The molecule has 16 heavy (non-hydrogen) atoms. The van der Waals surface area contributed by atoms with E-state index in [1.54, 1.807) is 0 Å². The average molecular weight is 220 g/mol. The predicted molar refractivity (Wildman–Crippen MR) is 64.4 cm³/mol. The van der Waals surface area contributed by atoms with E-state index in [9.17, 15) is 5.11 Å². The van der Waals surface area contributed by atoms with Gasteiger partial charge in [0.05, 0.1) is 5.60 Å². The van der Waals surface area contributed by atoms with Crippen LogP contribution in [0, 0.1) is 6.92 Å². The van der Waals surface area contributed by atoms with E-state index in [2.05, 4.69) is 29.9 Å². The Morgan fingerprint density at radius 3 is 2.75 bits per heavy atom. The molecular weight excluding hydrogens is 200 g/mol. The molecule has 1 saturated heterocycles. The van der Waals surface area contributed by atoms with Gasteiger partial charge in [-0.15, -0.1) is 0 Å². The summed E-state index contributed by atoms with van der Waals surface area (Å²) in [5, 5.41) is 10.5. The summed E-state index contributed by atoms with van der Waals surface area (Å²) in [6, 6.07) is 4.05. The summed E-state index contributed by atoms with van der Waals surface area (Å²) in [7, 11) is 2.10. The zero-order valence-corrected chi connectivity index (χ0v) is 10.1. The van der Waals surface area contributed by atoms with Crippen LogP contribution in [0.2, 0.25) is 0 Å². The fraction of sp³-hybridized carbons (Fsp3) is 0.615. The minimum Gasteiger partial charge on any atom is -0.389 e. The maximum Gasteiger partial charge on any atom is 0.0727 e. The van der Waals surface area contributed by atoms with Crippen LogP contribution in [0.3, 0.4) is 0 Å². The molecule has 0 unspecified atom stereocenters. The van der Waals surface area contributed by atoms with Gasteiger partial charge in [0.15, 0.2) is 0 Å². The highest BCUT2D eigenvalue weighted by atomic mass is 16.3. The van der Waals surface area contributed by atoms with Gasteiger partial charge in [0.25, 0.3) is 0 Å². The largest absolute Gasteiger partial charge is 0.389 e. The molecular formula is C13H20N2O. The van der Waals surface area contributed by atoms with Gasteiger partial charge in [-0.2, -0.15) is 0 Å². The van der Waals surface area contributed by atoms with E-state index in [-0.39, 0.29) is 0 Å². The fourth-order valence-electron chi connectivity index (χ4n) is 2.24. The van der Waals surface area contributed by atoms with Crippen molar-refractivity contribution in [3.63, 3.8) is 0 Å². The van der Waals surface area contributed by atoms with Crippen LogP contribution in [0.25, 0.3) is 0 Å². The SMILES string of the molecule is Cc1ccnc(CC2(O)CCN(C)CC2)c1. The first kappa shape index (κ1) is 11.6.